The Morgan fingerprint density at radius 2 is 1.63 bits per heavy atom. The highest BCUT2D eigenvalue weighted by molar-refractivity contribution is 5.96. The van der Waals surface area contributed by atoms with Crippen LogP contribution in [-0.4, -0.2) is 32.6 Å². The number of methoxy groups -OCH3 is 2. The molecule has 182 valence electrons. The molecule has 0 aromatic heterocycles. The third-order valence-corrected chi connectivity index (χ3v) is 5.95. The fraction of sp³-hybridized carbons (Fsp3) is 0.286. The Morgan fingerprint density at radius 1 is 0.914 bits per heavy atom. The van der Waals surface area contributed by atoms with Crippen molar-refractivity contribution in [1.29, 1.82) is 0 Å². The third-order valence-electron chi connectivity index (χ3n) is 5.95. The maximum atomic E-state index is 13.0. The smallest absolute Gasteiger partial charge is 0.251 e. The van der Waals surface area contributed by atoms with Crippen molar-refractivity contribution in [2.75, 3.05) is 25.7 Å². The van der Waals surface area contributed by atoms with Crippen molar-refractivity contribution in [1.82, 2.24) is 5.32 Å². The van der Waals surface area contributed by atoms with Gasteiger partial charge in [-0.3, -0.25) is 9.59 Å². The van der Waals surface area contributed by atoms with Gasteiger partial charge in [0.2, 0.25) is 11.7 Å². The van der Waals surface area contributed by atoms with Crippen LogP contribution in [0, 0.1) is 0 Å². The maximum absolute atomic E-state index is 13.0. The second-order valence-corrected chi connectivity index (χ2v) is 8.34. The van der Waals surface area contributed by atoms with E-state index < -0.39 is 0 Å². The Hall–Kier alpha value is -4.00. The van der Waals surface area contributed by atoms with Gasteiger partial charge in [0, 0.05) is 30.8 Å². The van der Waals surface area contributed by atoms with Crippen LogP contribution in [0.5, 0.6) is 17.2 Å². The van der Waals surface area contributed by atoms with Gasteiger partial charge in [0.05, 0.1) is 14.2 Å². The highest BCUT2D eigenvalue weighted by Gasteiger charge is 2.20. The highest BCUT2D eigenvalue weighted by Crippen LogP contribution is 2.39. The van der Waals surface area contributed by atoms with Crippen LogP contribution in [0.4, 0.5) is 5.69 Å². The van der Waals surface area contributed by atoms with E-state index in [-0.39, 0.29) is 11.8 Å². The second kappa shape index (κ2) is 11.4. The molecule has 0 radical (unpaired) electrons. The first-order chi connectivity index (χ1) is 17.1. The van der Waals surface area contributed by atoms with Crippen LogP contribution >= 0.6 is 0 Å². The lowest BCUT2D eigenvalue weighted by Crippen LogP contribution is -2.35. The third kappa shape index (κ3) is 5.93. The Kier molecular flexibility index (Phi) is 7.88. The number of carbonyl (C=O) groups excluding carboxylic acids is 2. The summed E-state index contributed by atoms with van der Waals surface area (Å²) in [5.41, 5.74) is 3.18. The van der Waals surface area contributed by atoms with E-state index in [1.54, 1.807) is 12.1 Å². The summed E-state index contributed by atoms with van der Waals surface area (Å²) < 4.78 is 17.0. The Bertz CT molecular complexity index is 1150. The molecule has 0 unspecified atom stereocenters. The first kappa shape index (κ1) is 24.1. The van der Waals surface area contributed by atoms with Crippen molar-refractivity contribution in [2.24, 2.45) is 0 Å². The summed E-state index contributed by atoms with van der Waals surface area (Å²) in [6.45, 7) is 1.40. The van der Waals surface area contributed by atoms with E-state index in [0.29, 0.717) is 42.4 Å². The maximum Gasteiger partial charge on any atom is 0.251 e. The average molecular weight is 475 g/mol. The van der Waals surface area contributed by atoms with Crippen LogP contribution in [0.1, 0.15) is 40.7 Å². The number of nitrogens with one attached hydrogen (secondary N) is 1. The number of nitrogens with zero attached hydrogens (tertiary/aromatic N) is 1. The zero-order valence-corrected chi connectivity index (χ0v) is 20.1. The summed E-state index contributed by atoms with van der Waals surface area (Å²) in [6.07, 6.45) is 2.52. The first-order valence-corrected chi connectivity index (χ1v) is 11.7. The minimum absolute atomic E-state index is 0.145. The fourth-order valence-corrected chi connectivity index (χ4v) is 4.08. The van der Waals surface area contributed by atoms with Crippen LogP contribution in [0.3, 0.4) is 0 Å². The van der Waals surface area contributed by atoms with Crippen molar-refractivity contribution < 1.29 is 23.8 Å². The Morgan fingerprint density at radius 3 is 2.31 bits per heavy atom. The zero-order valence-electron chi connectivity index (χ0n) is 20.1. The molecule has 1 aliphatic rings. The minimum Gasteiger partial charge on any atom is -0.493 e. The zero-order chi connectivity index (χ0) is 24.6. The van der Waals surface area contributed by atoms with Gasteiger partial charge in [0.25, 0.3) is 5.91 Å². The first-order valence-electron chi connectivity index (χ1n) is 11.7. The van der Waals surface area contributed by atoms with Crippen LogP contribution in [0.2, 0.25) is 0 Å². The van der Waals surface area contributed by atoms with E-state index >= 15 is 0 Å². The van der Waals surface area contributed by atoms with Crippen LogP contribution in [-0.2, 0) is 17.9 Å². The predicted octanol–water partition coefficient (Wildman–Crippen LogP) is 4.73. The van der Waals surface area contributed by atoms with E-state index in [1.807, 2.05) is 59.5 Å². The van der Waals surface area contributed by atoms with Crippen molar-refractivity contribution in [3.05, 3.63) is 83.4 Å². The van der Waals surface area contributed by atoms with E-state index in [2.05, 4.69) is 5.32 Å². The number of amides is 2. The number of benzene rings is 3. The molecular formula is C28H30N2O5. The largest absolute Gasteiger partial charge is 0.493 e. The molecule has 4 rings (SSSR count). The average Bonchev–Trinajstić information content (AvgIpc) is 2.91. The quantitative estimate of drug-likeness (QED) is 0.485. The molecule has 0 spiro atoms. The molecule has 0 aliphatic carbocycles. The lowest BCUT2D eigenvalue weighted by Gasteiger charge is -2.27. The van der Waals surface area contributed by atoms with E-state index in [4.69, 9.17) is 14.2 Å². The van der Waals surface area contributed by atoms with Gasteiger partial charge in [-0.15, -0.1) is 0 Å². The number of piperidine rings is 1. The van der Waals surface area contributed by atoms with Crippen LogP contribution in [0.25, 0.3) is 0 Å². The molecular weight excluding hydrogens is 444 g/mol. The molecule has 1 heterocycles. The Balaban J connectivity index is 1.45. The molecule has 0 bridgehead atoms. The van der Waals surface area contributed by atoms with Crippen LogP contribution < -0.4 is 24.4 Å². The number of rotatable bonds is 9. The summed E-state index contributed by atoms with van der Waals surface area (Å²) in [6, 6.07) is 20.8. The molecule has 7 nitrogen and oxygen atoms in total. The highest BCUT2D eigenvalue weighted by atomic mass is 16.5. The molecule has 7 heteroatoms. The SMILES string of the molecule is COc1cc(C(=O)NCc2cccc(N3CCCCC3=O)c2)cc(OC)c1OCc1ccccc1. The molecule has 2 amide bonds. The van der Waals surface area contributed by atoms with Gasteiger partial charge in [-0.25, -0.2) is 0 Å². The van der Waals surface area contributed by atoms with Gasteiger partial charge in [0.1, 0.15) is 6.61 Å². The summed E-state index contributed by atoms with van der Waals surface area (Å²) in [5.74, 6) is 1.14. The van der Waals surface area contributed by atoms with Gasteiger partial charge in [-0.2, -0.15) is 0 Å². The number of hydrogen-bond donors (Lipinski definition) is 1. The molecule has 1 aliphatic heterocycles. The number of anilines is 1. The summed E-state index contributed by atoms with van der Waals surface area (Å²) in [5, 5.41) is 2.94. The molecule has 3 aromatic rings. The topological polar surface area (TPSA) is 77.1 Å². The van der Waals surface area contributed by atoms with E-state index in [9.17, 15) is 9.59 Å². The molecule has 35 heavy (non-hydrogen) atoms. The molecule has 3 aromatic carbocycles. The van der Waals surface area contributed by atoms with Gasteiger partial charge < -0.3 is 24.4 Å². The fourth-order valence-electron chi connectivity index (χ4n) is 4.08. The van der Waals surface area contributed by atoms with Crippen LogP contribution in [0.15, 0.2) is 66.7 Å². The summed E-state index contributed by atoms with van der Waals surface area (Å²) in [4.78, 5) is 27.0. The monoisotopic (exact) mass is 474 g/mol. The molecule has 0 atom stereocenters. The number of carbonyl (C=O) groups is 2. The van der Waals surface area contributed by atoms with Gasteiger partial charge in [-0.05, 0) is 48.2 Å². The standard InChI is InChI=1S/C28H30N2O5/c1-33-24-16-22(17-25(34-2)27(24)35-19-20-9-4-3-5-10-20)28(32)29-18-21-11-8-12-23(15-21)30-14-7-6-13-26(30)31/h3-5,8-12,15-17H,6-7,13-14,18-19H2,1-2H3,(H,29,32). The van der Waals surface area contributed by atoms with Crippen molar-refractivity contribution in [3.8, 4) is 17.2 Å². The van der Waals surface area contributed by atoms with Gasteiger partial charge in [0.15, 0.2) is 11.5 Å². The predicted molar refractivity (Wildman–Crippen MR) is 134 cm³/mol. The van der Waals surface area contributed by atoms with E-state index in [1.165, 1.54) is 14.2 Å². The normalized spacial score (nSPS) is 13.3. The van der Waals surface area contributed by atoms with Crippen molar-refractivity contribution in [3.63, 3.8) is 0 Å². The molecule has 1 saturated heterocycles. The number of hydrogen-bond acceptors (Lipinski definition) is 5. The number of ether oxygens (including phenoxy) is 3. The second-order valence-electron chi connectivity index (χ2n) is 8.34. The van der Waals surface area contributed by atoms with Crippen molar-refractivity contribution in [2.45, 2.75) is 32.4 Å². The molecule has 1 N–H and O–H groups in total. The molecule has 1 fully saturated rings. The minimum atomic E-state index is -0.268. The van der Waals surface area contributed by atoms with Gasteiger partial charge >= 0.3 is 0 Å². The summed E-state index contributed by atoms with van der Waals surface area (Å²) >= 11 is 0. The van der Waals surface area contributed by atoms with Crippen molar-refractivity contribution >= 4 is 17.5 Å². The van der Waals surface area contributed by atoms with E-state index in [0.717, 1.165) is 36.2 Å². The molecule has 0 saturated carbocycles. The lowest BCUT2D eigenvalue weighted by atomic mass is 10.1. The van der Waals surface area contributed by atoms with Gasteiger partial charge in [-0.1, -0.05) is 42.5 Å². The Labute approximate surface area is 205 Å². The summed E-state index contributed by atoms with van der Waals surface area (Å²) in [7, 11) is 3.05. The lowest BCUT2D eigenvalue weighted by molar-refractivity contribution is -0.119.